The minimum Gasteiger partial charge on any atom is -0.310 e. The van der Waals surface area contributed by atoms with Crippen molar-refractivity contribution in [3.63, 3.8) is 0 Å². The third-order valence-corrected chi connectivity index (χ3v) is 6.52. The Morgan fingerprint density at radius 1 is 0.879 bits per heavy atom. The molecule has 3 aromatic rings. The molecule has 4 rings (SSSR count). The van der Waals surface area contributed by atoms with Crippen LogP contribution >= 0.6 is 0 Å². The van der Waals surface area contributed by atoms with Gasteiger partial charge in [0.2, 0.25) is 0 Å². The lowest BCUT2D eigenvalue weighted by Gasteiger charge is -2.45. The van der Waals surface area contributed by atoms with Gasteiger partial charge in [0.05, 0.1) is 5.69 Å². The summed E-state index contributed by atoms with van der Waals surface area (Å²) in [5.41, 5.74) is 7.65. The van der Waals surface area contributed by atoms with E-state index in [0.717, 1.165) is 0 Å². The molecular weight excluding hydrogens is 398 g/mol. The van der Waals surface area contributed by atoms with E-state index < -0.39 is 0 Å². The Balaban J connectivity index is 0.00000149. The van der Waals surface area contributed by atoms with Gasteiger partial charge in [-0.15, -0.1) is 0 Å². The summed E-state index contributed by atoms with van der Waals surface area (Å²) in [6.45, 7) is 21.7. The lowest BCUT2D eigenvalue weighted by Crippen LogP contribution is -2.36. The van der Waals surface area contributed by atoms with Crippen LogP contribution in [0.25, 0.3) is 10.8 Å². The molecule has 0 saturated heterocycles. The van der Waals surface area contributed by atoms with Crippen LogP contribution in [0, 0.1) is 0 Å². The fourth-order valence-corrected chi connectivity index (χ4v) is 4.79. The zero-order valence-electron chi connectivity index (χ0n) is 21.7. The second-order valence-corrected chi connectivity index (χ2v) is 9.96. The molecule has 0 aliphatic carbocycles. The van der Waals surface area contributed by atoms with Crippen LogP contribution in [0.15, 0.2) is 96.7 Å². The molecule has 0 aromatic heterocycles. The Hall–Kier alpha value is -3.06. The Morgan fingerprint density at radius 3 is 2.15 bits per heavy atom. The van der Waals surface area contributed by atoms with Crippen LogP contribution in [-0.2, 0) is 10.8 Å². The second-order valence-electron chi connectivity index (χ2n) is 9.96. The summed E-state index contributed by atoms with van der Waals surface area (Å²) in [6.07, 6.45) is 6.31. The maximum absolute atomic E-state index is 4.02. The number of nitrogens with zero attached hydrogens (tertiary/aromatic N) is 1. The maximum Gasteiger partial charge on any atom is 0.0502 e. The van der Waals surface area contributed by atoms with E-state index in [1.54, 1.807) is 0 Å². The average Bonchev–Trinajstić information content (AvgIpc) is 2.80. The standard InChI is InChI=1S/C30H33N.C2H6/c1-8-12-27-25(9-2)30(6,7)26-20-23(29(3,4)5)16-18-28(26)31(27)24-17-15-21-13-10-11-14-22(21)19-24;1-2/h8-20H,1H2,2-7H3;1-2H3/b25-9+,27-12+;. The highest BCUT2D eigenvalue weighted by Crippen LogP contribution is 2.51. The van der Waals surface area contributed by atoms with E-state index in [0.29, 0.717) is 0 Å². The van der Waals surface area contributed by atoms with E-state index in [2.05, 4.69) is 126 Å². The summed E-state index contributed by atoms with van der Waals surface area (Å²) in [4.78, 5) is 2.40. The summed E-state index contributed by atoms with van der Waals surface area (Å²) >= 11 is 0. The van der Waals surface area contributed by atoms with Gasteiger partial charge < -0.3 is 4.90 Å². The van der Waals surface area contributed by atoms with Gasteiger partial charge in [0, 0.05) is 16.8 Å². The summed E-state index contributed by atoms with van der Waals surface area (Å²) in [5.74, 6) is 0. The molecule has 0 fully saturated rings. The van der Waals surface area contributed by atoms with Gasteiger partial charge in [-0.25, -0.2) is 0 Å². The minimum atomic E-state index is -0.104. The third-order valence-electron chi connectivity index (χ3n) is 6.52. The molecule has 0 amide bonds. The van der Waals surface area contributed by atoms with Crippen LogP contribution in [-0.4, -0.2) is 0 Å². The van der Waals surface area contributed by atoms with Gasteiger partial charge in [0.15, 0.2) is 0 Å². The van der Waals surface area contributed by atoms with Crippen molar-refractivity contribution in [3.05, 3.63) is 108 Å². The summed E-state index contributed by atoms with van der Waals surface area (Å²) < 4.78 is 0. The highest BCUT2D eigenvalue weighted by Gasteiger charge is 2.39. The van der Waals surface area contributed by atoms with Crippen molar-refractivity contribution in [3.8, 4) is 0 Å². The van der Waals surface area contributed by atoms with E-state index in [1.807, 2.05) is 19.9 Å². The number of rotatable bonds is 2. The molecule has 1 aliphatic heterocycles. The lowest BCUT2D eigenvalue weighted by atomic mass is 9.70. The van der Waals surface area contributed by atoms with E-state index in [9.17, 15) is 0 Å². The Morgan fingerprint density at radius 2 is 1.55 bits per heavy atom. The first-order chi connectivity index (χ1) is 15.7. The molecule has 1 heterocycles. The SMILES string of the molecule is C=C/C=C1\C(=C/C)C(C)(C)c2cc(C(C)(C)C)ccc2N1c1ccc2ccccc2c1.CC. The highest BCUT2D eigenvalue weighted by molar-refractivity contribution is 5.89. The number of hydrogen-bond donors (Lipinski definition) is 0. The molecule has 0 bridgehead atoms. The van der Waals surface area contributed by atoms with Crippen molar-refractivity contribution >= 4 is 22.1 Å². The van der Waals surface area contributed by atoms with Crippen molar-refractivity contribution in [1.29, 1.82) is 0 Å². The zero-order chi connectivity index (χ0) is 24.4. The van der Waals surface area contributed by atoms with Crippen LogP contribution in [0.2, 0.25) is 0 Å². The highest BCUT2D eigenvalue weighted by atomic mass is 15.2. The monoisotopic (exact) mass is 437 g/mol. The van der Waals surface area contributed by atoms with Crippen LogP contribution in [0.1, 0.15) is 66.5 Å². The lowest BCUT2D eigenvalue weighted by molar-refractivity contribution is 0.576. The zero-order valence-corrected chi connectivity index (χ0v) is 21.7. The Bertz CT molecular complexity index is 1210. The smallest absolute Gasteiger partial charge is 0.0502 e. The van der Waals surface area contributed by atoms with Crippen LogP contribution in [0.3, 0.4) is 0 Å². The quantitative estimate of drug-likeness (QED) is 0.386. The minimum absolute atomic E-state index is 0.103. The number of hydrogen-bond acceptors (Lipinski definition) is 1. The van der Waals surface area contributed by atoms with E-state index in [4.69, 9.17) is 0 Å². The Kier molecular flexibility index (Phi) is 7.03. The summed E-state index contributed by atoms with van der Waals surface area (Å²) in [5, 5.41) is 2.50. The number of benzene rings is 3. The molecule has 0 atom stereocenters. The first-order valence-corrected chi connectivity index (χ1v) is 12.1. The second kappa shape index (κ2) is 9.43. The molecule has 0 unspecified atom stereocenters. The van der Waals surface area contributed by atoms with E-state index in [1.165, 1.54) is 44.5 Å². The third kappa shape index (κ3) is 4.42. The van der Waals surface area contributed by atoms with Crippen LogP contribution < -0.4 is 4.90 Å². The van der Waals surface area contributed by atoms with Crippen molar-refractivity contribution in [1.82, 2.24) is 0 Å². The van der Waals surface area contributed by atoms with Crippen LogP contribution in [0.5, 0.6) is 0 Å². The van der Waals surface area contributed by atoms with Gasteiger partial charge in [0.1, 0.15) is 0 Å². The van der Waals surface area contributed by atoms with E-state index in [-0.39, 0.29) is 10.8 Å². The average molecular weight is 438 g/mol. The molecule has 1 heteroatoms. The number of fused-ring (bicyclic) bond motifs is 2. The van der Waals surface area contributed by atoms with E-state index >= 15 is 0 Å². The van der Waals surface area contributed by atoms with Gasteiger partial charge in [-0.1, -0.05) is 110 Å². The first kappa shape index (κ1) is 24.6. The van der Waals surface area contributed by atoms with Gasteiger partial charge in [-0.3, -0.25) is 0 Å². The first-order valence-electron chi connectivity index (χ1n) is 12.1. The van der Waals surface area contributed by atoms with Gasteiger partial charge in [0.25, 0.3) is 0 Å². The van der Waals surface area contributed by atoms with Gasteiger partial charge in [-0.05, 0) is 64.1 Å². The summed E-state index contributed by atoms with van der Waals surface area (Å²) in [7, 11) is 0. The molecule has 0 spiro atoms. The van der Waals surface area contributed by atoms with Crippen LogP contribution in [0.4, 0.5) is 11.4 Å². The predicted molar refractivity (Wildman–Crippen MR) is 148 cm³/mol. The number of anilines is 2. The molecule has 3 aromatic carbocycles. The van der Waals surface area contributed by atoms with Crippen molar-refractivity contribution < 1.29 is 0 Å². The largest absolute Gasteiger partial charge is 0.310 e. The van der Waals surface area contributed by atoms with Crippen molar-refractivity contribution in [2.75, 3.05) is 4.90 Å². The topological polar surface area (TPSA) is 3.24 Å². The fourth-order valence-electron chi connectivity index (χ4n) is 4.79. The molecule has 0 radical (unpaired) electrons. The fraction of sp³-hybridized carbons (Fsp3) is 0.312. The molecule has 172 valence electrons. The Labute approximate surface area is 201 Å². The van der Waals surface area contributed by atoms with Crippen molar-refractivity contribution in [2.45, 2.75) is 66.2 Å². The number of allylic oxidation sites excluding steroid dienone is 4. The predicted octanol–water partition coefficient (Wildman–Crippen LogP) is 9.61. The van der Waals surface area contributed by atoms with Crippen molar-refractivity contribution in [2.24, 2.45) is 0 Å². The van der Waals surface area contributed by atoms with Gasteiger partial charge >= 0.3 is 0 Å². The normalized spacial score (nSPS) is 17.5. The molecule has 0 saturated carbocycles. The molecule has 0 N–H and O–H groups in total. The maximum atomic E-state index is 4.02. The molecule has 1 aliphatic rings. The molecule has 33 heavy (non-hydrogen) atoms. The molecule has 1 nitrogen and oxygen atoms in total. The molecular formula is C32H39N. The van der Waals surface area contributed by atoms with Gasteiger partial charge in [-0.2, -0.15) is 0 Å². The summed E-state index contributed by atoms with van der Waals surface area (Å²) in [6, 6.07) is 22.3.